The van der Waals surface area contributed by atoms with E-state index in [0.29, 0.717) is 11.4 Å². The average Bonchev–Trinajstić information content (AvgIpc) is 2.12. The Bertz CT molecular complexity index is 395. The minimum atomic E-state index is -0.433. The number of anilines is 1. The first kappa shape index (κ1) is 10.1. The second kappa shape index (κ2) is 4.28. The lowest BCUT2D eigenvalue weighted by Gasteiger charge is -2.01. The van der Waals surface area contributed by atoms with Gasteiger partial charge in [0.15, 0.2) is 0 Å². The average molecular weight is 191 g/mol. The second-order valence-corrected chi connectivity index (χ2v) is 2.69. The molecule has 1 rings (SSSR count). The van der Waals surface area contributed by atoms with Crippen molar-refractivity contribution in [2.24, 2.45) is 0 Å². The summed E-state index contributed by atoms with van der Waals surface area (Å²) in [5, 5.41) is 18.1. The molecule has 6 heteroatoms. The molecule has 0 unspecified atom stereocenters. The van der Waals surface area contributed by atoms with Crippen LogP contribution >= 0.6 is 0 Å². The fourth-order valence-corrected chi connectivity index (χ4v) is 0.750. The summed E-state index contributed by atoms with van der Waals surface area (Å²) >= 11 is 0. The van der Waals surface area contributed by atoms with Crippen molar-refractivity contribution in [1.29, 1.82) is 5.26 Å². The van der Waals surface area contributed by atoms with E-state index in [2.05, 4.69) is 20.5 Å². The molecule has 0 spiro atoms. The number of hydrogen-bond donors (Lipinski definition) is 1. The van der Waals surface area contributed by atoms with E-state index in [1.165, 1.54) is 0 Å². The van der Waals surface area contributed by atoms with Gasteiger partial charge in [-0.25, -0.2) is 4.98 Å². The number of carbonyl (C=O) groups excluding carboxylic acids is 1. The van der Waals surface area contributed by atoms with Crippen molar-refractivity contribution in [2.45, 2.75) is 20.3 Å². The molecule has 1 aromatic heterocycles. The number of nitrogens with zero attached hydrogens (tertiary/aromatic N) is 4. The van der Waals surface area contributed by atoms with Crippen LogP contribution in [0.25, 0.3) is 0 Å². The molecule has 0 aromatic carbocycles. The Kier molecular flexibility index (Phi) is 3.07. The van der Waals surface area contributed by atoms with Crippen LogP contribution in [-0.2, 0) is 4.79 Å². The molecule has 14 heavy (non-hydrogen) atoms. The van der Waals surface area contributed by atoms with E-state index in [1.807, 2.05) is 0 Å². The first-order chi connectivity index (χ1) is 6.63. The highest BCUT2D eigenvalue weighted by Gasteiger charge is 2.05. The van der Waals surface area contributed by atoms with E-state index in [4.69, 9.17) is 5.26 Å². The van der Waals surface area contributed by atoms with Crippen molar-refractivity contribution in [3.05, 3.63) is 11.4 Å². The lowest BCUT2D eigenvalue weighted by Crippen LogP contribution is -2.14. The fourth-order valence-electron chi connectivity index (χ4n) is 0.750. The summed E-state index contributed by atoms with van der Waals surface area (Å²) in [4.78, 5) is 14.9. The molecule has 1 amide bonds. The quantitative estimate of drug-likeness (QED) is 0.727. The Morgan fingerprint density at radius 3 is 2.71 bits per heavy atom. The van der Waals surface area contributed by atoms with Crippen LogP contribution < -0.4 is 5.32 Å². The summed E-state index contributed by atoms with van der Waals surface area (Å²) in [7, 11) is 0. The second-order valence-electron chi connectivity index (χ2n) is 2.69. The van der Waals surface area contributed by atoms with Crippen LogP contribution in [0, 0.1) is 25.2 Å². The van der Waals surface area contributed by atoms with E-state index in [-0.39, 0.29) is 12.4 Å². The molecule has 0 aliphatic rings. The zero-order chi connectivity index (χ0) is 10.6. The number of carbonyl (C=O) groups is 1. The van der Waals surface area contributed by atoms with E-state index in [1.54, 1.807) is 19.9 Å². The summed E-state index contributed by atoms with van der Waals surface area (Å²) < 4.78 is 0. The molecule has 0 fully saturated rings. The molecule has 0 radical (unpaired) electrons. The highest BCUT2D eigenvalue weighted by molar-refractivity contribution is 5.90. The topological polar surface area (TPSA) is 91.6 Å². The first-order valence-electron chi connectivity index (χ1n) is 3.98. The standard InChI is InChI=1S/C8H9N5O/c1-5-6(2)12-13-8(10-5)11-7(14)3-4-9/h3H2,1-2H3,(H,10,11,13,14). The molecule has 1 heterocycles. The molecule has 72 valence electrons. The smallest absolute Gasteiger partial charge is 0.249 e. The van der Waals surface area contributed by atoms with E-state index in [0.717, 1.165) is 0 Å². The van der Waals surface area contributed by atoms with Crippen LogP contribution in [0.5, 0.6) is 0 Å². The molecule has 0 atom stereocenters. The van der Waals surface area contributed by atoms with Gasteiger partial charge in [0, 0.05) is 0 Å². The summed E-state index contributed by atoms with van der Waals surface area (Å²) in [6, 6.07) is 1.73. The van der Waals surface area contributed by atoms with Crippen molar-refractivity contribution in [3.63, 3.8) is 0 Å². The molecule has 0 aliphatic carbocycles. The minimum Gasteiger partial charge on any atom is -0.292 e. The summed E-state index contributed by atoms with van der Waals surface area (Å²) in [5.74, 6) is -0.300. The number of rotatable bonds is 2. The maximum absolute atomic E-state index is 11.0. The summed E-state index contributed by atoms with van der Waals surface area (Å²) in [6.45, 7) is 3.54. The fraction of sp³-hybridized carbons (Fsp3) is 0.375. The van der Waals surface area contributed by atoms with Gasteiger partial charge in [0.25, 0.3) is 0 Å². The van der Waals surface area contributed by atoms with Crippen LogP contribution in [0.2, 0.25) is 0 Å². The van der Waals surface area contributed by atoms with Crippen LogP contribution in [0.1, 0.15) is 17.8 Å². The molecule has 0 saturated carbocycles. The Hall–Kier alpha value is -2.03. The number of aromatic nitrogens is 3. The molecular weight excluding hydrogens is 182 g/mol. The van der Waals surface area contributed by atoms with Crippen molar-refractivity contribution >= 4 is 11.9 Å². The zero-order valence-electron chi connectivity index (χ0n) is 7.90. The van der Waals surface area contributed by atoms with Gasteiger partial charge in [-0.1, -0.05) is 0 Å². The highest BCUT2D eigenvalue weighted by Crippen LogP contribution is 2.01. The minimum absolute atomic E-state index is 0.133. The van der Waals surface area contributed by atoms with Gasteiger partial charge in [0.2, 0.25) is 11.9 Å². The Morgan fingerprint density at radius 1 is 1.43 bits per heavy atom. The first-order valence-corrected chi connectivity index (χ1v) is 3.98. The molecule has 1 N–H and O–H groups in total. The van der Waals surface area contributed by atoms with Gasteiger partial charge < -0.3 is 0 Å². The van der Waals surface area contributed by atoms with E-state index in [9.17, 15) is 4.79 Å². The normalized spacial score (nSPS) is 9.21. The third-order valence-electron chi connectivity index (χ3n) is 1.58. The molecule has 0 saturated heterocycles. The Labute approximate surface area is 81.0 Å². The van der Waals surface area contributed by atoms with Gasteiger partial charge in [0.05, 0.1) is 17.5 Å². The molecule has 0 bridgehead atoms. The van der Waals surface area contributed by atoms with Crippen LogP contribution in [0.4, 0.5) is 5.95 Å². The highest BCUT2D eigenvalue weighted by atomic mass is 16.1. The lowest BCUT2D eigenvalue weighted by atomic mass is 10.4. The predicted molar refractivity (Wildman–Crippen MR) is 48.2 cm³/mol. The van der Waals surface area contributed by atoms with Gasteiger partial charge >= 0.3 is 0 Å². The molecule has 6 nitrogen and oxygen atoms in total. The maximum atomic E-state index is 11.0. The van der Waals surface area contributed by atoms with E-state index < -0.39 is 5.91 Å². The number of nitrogens with one attached hydrogen (secondary N) is 1. The van der Waals surface area contributed by atoms with Gasteiger partial charge in [-0.3, -0.25) is 10.1 Å². The molecule has 1 aromatic rings. The van der Waals surface area contributed by atoms with Crippen LogP contribution in [0.3, 0.4) is 0 Å². The van der Waals surface area contributed by atoms with Crippen molar-refractivity contribution in [2.75, 3.05) is 5.32 Å². The number of amides is 1. The van der Waals surface area contributed by atoms with Crippen molar-refractivity contribution in [1.82, 2.24) is 15.2 Å². The van der Waals surface area contributed by atoms with Gasteiger partial charge in [-0.15, -0.1) is 5.10 Å². The number of hydrogen-bond acceptors (Lipinski definition) is 5. The van der Waals surface area contributed by atoms with Crippen molar-refractivity contribution < 1.29 is 4.79 Å². The molecule has 0 aliphatic heterocycles. The Morgan fingerprint density at radius 2 is 2.14 bits per heavy atom. The number of nitriles is 1. The third-order valence-corrected chi connectivity index (χ3v) is 1.58. The van der Waals surface area contributed by atoms with Gasteiger partial charge in [-0.05, 0) is 13.8 Å². The summed E-state index contributed by atoms with van der Waals surface area (Å²) in [6.07, 6.45) is -0.212. The number of aryl methyl sites for hydroxylation is 2. The summed E-state index contributed by atoms with van der Waals surface area (Å²) in [5.41, 5.74) is 1.41. The monoisotopic (exact) mass is 191 g/mol. The lowest BCUT2D eigenvalue weighted by molar-refractivity contribution is -0.115. The molecular formula is C8H9N5O. The van der Waals surface area contributed by atoms with E-state index >= 15 is 0 Å². The zero-order valence-corrected chi connectivity index (χ0v) is 7.90. The van der Waals surface area contributed by atoms with Gasteiger partial charge in [-0.2, -0.15) is 10.4 Å². The van der Waals surface area contributed by atoms with Crippen LogP contribution in [-0.4, -0.2) is 21.1 Å². The largest absolute Gasteiger partial charge is 0.292 e. The third kappa shape index (κ3) is 2.48. The SMILES string of the molecule is Cc1nnc(NC(=O)CC#N)nc1C. The maximum Gasteiger partial charge on any atom is 0.249 e. The van der Waals surface area contributed by atoms with Crippen molar-refractivity contribution in [3.8, 4) is 6.07 Å². The Balaban J connectivity index is 2.74. The van der Waals surface area contributed by atoms with Crippen LogP contribution in [0.15, 0.2) is 0 Å². The predicted octanol–water partition coefficient (Wildman–Crippen LogP) is 0.341. The van der Waals surface area contributed by atoms with Gasteiger partial charge in [0.1, 0.15) is 6.42 Å².